The van der Waals surface area contributed by atoms with Crippen LogP contribution in [0.25, 0.3) is 12.2 Å². The second kappa shape index (κ2) is 12.6. The Morgan fingerprint density at radius 3 is 2.21 bits per heavy atom. The summed E-state index contributed by atoms with van der Waals surface area (Å²) in [5, 5.41) is 9.09. The van der Waals surface area contributed by atoms with Crippen LogP contribution in [0.15, 0.2) is 48.0 Å². The number of benzene rings is 2. The van der Waals surface area contributed by atoms with E-state index in [1.807, 2.05) is 6.92 Å². The van der Waals surface area contributed by atoms with Gasteiger partial charge in [0.1, 0.15) is 11.6 Å². The Bertz CT molecular complexity index is 1100. The van der Waals surface area contributed by atoms with Crippen molar-refractivity contribution in [2.45, 2.75) is 13.3 Å². The summed E-state index contributed by atoms with van der Waals surface area (Å²) in [4.78, 5) is 23.9. The summed E-state index contributed by atoms with van der Waals surface area (Å²) in [7, 11) is 4.15. The van der Waals surface area contributed by atoms with E-state index in [0.717, 1.165) is 12.0 Å². The summed E-state index contributed by atoms with van der Waals surface area (Å²) >= 11 is 0. The normalized spacial score (nSPS) is 10.9. The molecule has 0 fully saturated rings. The van der Waals surface area contributed by atoms with E-state index in [1.165, 1.54) is 38.5 Å². The third-order valence-electron chi connectivity index (χ3n) is 4.30. The molecule has 0 spiro atoms. The quantitative estimate of drug-likeness (QED) is 0.229. The van der Waals surface area contributed by atoms with Crippen LogP contribution in [0.5, 0.6) is 23.0 Å². The van der Waals surface area contributed by atoms with E-state index < -0.39 is 11.9 Å². The van der Waals surface area contributed by atoms with Gasteiger partial charge in [-0.15, -0.1) is 0 Å². The molecule has 33 heavy (non-hydrogen) atoms. The average Bonchev–Trinajstić information content (AvgIpc) is 2.85. The molecule has 0 radical (unpaired) electrons. The number of hydrogen-bond donors (Lipinski definition) is 0. The Labute approximate surface area is 192 Å². The molecule has 8 heteroatoms. The van der Waals surface area contributed by atoms with Crippen LogP contribution in [0.4, 0.5) is 0 Å². The fourth-order valence-corrected chi connectivity index (χ4v) is 2.70. The van der Waals surface area contributed by atoms with Crippen LogP contribution >= 0.6 is 0 Å². The number of carbonyl (C=O) groups excluding carboxylic acids is 2. The smallest absolute Gasteiger partial charge is 0.348 e. The second-order valence-corrected chi connectivity index (χ2v) is 6.58. The number of esters is 2. The third kappa shape index (κ3) is 7.14. The number of hydrogen-bond acceptors (Lipinski definition) is 8. The Hall–Kier alpha value is -4.25. The van der Waals surface area contributed by atoms with Crippen LogP contribution in [0.3, 0.4) is 0 Å². The zero-order chi connectivity index (χ0) is 24.2. The lowest BCUT2D eigenvalue weighted by Gasteiger charge is -2.10. The summed E-state index contributed by atoms with van der Waals surface area (Å²) in [6.45, 7) is 2.59. The predicted octanol–water partition coefficient (Wildman–Crippen LogP) is 4.19. The van der Waals surface area contributed by atoms with Gasteiger partial charge in [0.2, 0.25) is 0 Å². The molecule has 0 aliphatic carbocycles. The second-order valence-electron chi connectivity index (χ2n) is 6.58. The molecule has 0 aromatic heterocycles. The highest BCUT2D eigenvalue weighted by molar-refractivity contribution is 5.98. The van der Waals surface area contributed by atoms with Crippen LogP contribution in [0.1, 0.15) is 24.5 Å². The topological polar surface area (TPSA) is 104 Å². The van der Waals surface area contributed by atoms with Gasteiger partial charge in [0, 0.05) is 6.08 Å². The molecule has 0 aliphatic rings. The maximum atomic E-state index is 12.3. The van der Waals surface area contributed by atoms with Crippen LogP contribution < -0.4 is 18.9 Å². The molecule has 0 bridgehead atoms. The molecule has 0 amide bonds. The highest BCUT2D eigenvalue weighted by atomic mass is 16.6. The van der Waals surface area contributed by atoms with Crippen molar-refractivity contribution in [1.29, 1.82) is 5.26 Å². The van der Waals surface area contributed by atoms with Crippen molar-refractivity contribution in [2.24, 2.45) is 0 Å². The Balaban J connectivity index is 2.15. The van der Waals surface area contributed by atoms with Crippen molar-refractivity contribution in [3.8, 4) is 29.1 Å². The molecule has 0 unspecified atom stereocenters. The van der Waals surface area contributed by atoms with Gasteiger partial charge in [0.05, 0.1) is 27.9 Å². The number of ether oxygens (including phenoxy) is 5. The monoisotopic (exact) mass is 451 g/mol. The van der Waals surface area contributed by atoms with Crippen molar-refractivity contribution in [3.05, 3.63) is 59.2 Å². The molecular formula is C25H25NO7. The number of nitrogens with zero attached hydrogens (tertiary/aromatic N) is 1. The van der Waals surface area contributed by atoms with Gasteiger partial charge in [0.15, 0.2) is 23.0 Å². The SMILES string of the molecule is CCCOc1ccc(C=CC(=O)Oc2ccc(C=C(C#N)C(=O)OC)cc2OC)cc1OC. The first-order valence-electron chi connectivity index (χ1n) is 10.0. The minimum Gasteiger partial charge on any atom is -0.493 e. The fourth-order valence-electron chi connectivity index (χ4n) is 2.70. The molecule has 0 heterocycles. The van der Waals surface area contributed by atoms with Gasteiger partial charge in [-0.25, -0.2) is 9.59 Å². The first-order valence-corrected chi connectivity index (χ1v) is 10.0. The Morgan fingerprint density at radius 1 is 0.939 bits per heavy atom. The van der Waals surface area contributed by atoms with E-state index in [1.54, 1.807) is 43.5 Å². The van der Waals surface area contributed by atoms with Gasteiger partial charge in [-0.1, -0.05) is 19.1 Å². The molecular weight excluding hydrogens is 426 g/mol. The lowest BCUT2D eigenvalue weighted by molar-refractivity contribution is -0.135. The Morgan fingerprint density at radius 2 is 1.58 bits per heavy atom. The first-order chi connectivity index (χ1) is 15.9. The standard InChI is InChI=1S/C25H25NO7/c1-5-12-32-20-9-6-17(14-22(20)29-2)8-11-24(27)33-21-10-7-18(15-23(21)30-3)13-19(16-26)25(28)31-4/h6-11,13-15H,5,12H2,1-4H3. The minimum atomic E-state index is -0.751. The molecule has 0 atom stereocenters. The van der Waals surface area contributed by atoms with E-state index in [4.69, 9.17) is 24.2 Å². The zero-order valence-electron chi connectivity index (χ0n) is 18.9. The summed E-state index contributed by atoms with van der Waals surface area (Å²) in [5.74, 6) is 0.263. The maximum absolute atomic E-state index is 12.3. The number of methoxy groups -OCH3 is 3. The highest BCUT2D eigenvalue weighted by Crippen LogP contribution is 2.30. The average molecular weight is 451 g/mol. The molecule has 0 aliphatic heterocycles. The summed E-state index contributed by atoms with van der Waals surface area (Å²) < 4.78 is 26.1. The number of nitriles is 1. The lowest BCUT2D eigenvalue weighted by Crippen LogP contribution is -2.05. The van der Waals surface area contributed by atoms with Gasteiger partial charge in [-0.2, -0.15) is 5.26 Å². The van der Waals surface area contributed by atoms with E-state index >= 15 is 0 Å². The van der Waals surface area contributed by atoms with Crippen molar-refractivity contribution >= 4 is 24.1 Å². The van der Waals surface area contributed by atoms with Gasteiger partial charge in [0.25, 0.3) is 0 Å². The largest absolute Gasteiger partial charge is 0.493 e. The first kappa shape index (κ1) is 25.0. The van der Waals surface area contributed by atoms with Gasteiger partial charge < -0.3 is 23.7 Å². The van der Waals surface area contributed by atoms with Crippen LogP contribution in [0, 0.1) is 11.3 Å². The highest BCUT2D eigenvalue weighted by Gasteiger charge is 2.12. The molecule has 2 rings (SSSR count). The van der Waals surface area contributed by atoms with Gasteiger partial charge in [-0.05, 0) is 54.0 Å². The van der Waals surface area contributed by atoms with E-state index in [-0.39, 0.29) is 17.1 Å². The molecule has 2 aromatic carbocycles. The van der Waals surface area contributed by atoms with E-state index in [2.05, 4.69) is 4.74 Å². The number of carbonyl (C=O) groups is 2. The van der Waals surface area contributed by atoms with Crippen molar-refractivity contribution in [1.82, 2.24) is 0 Å². The summed E-state index contributed by atoms with van der Waals surface area (Å²) in [6, 6.07) is 11.7. The molecule has 8 nitrogen and oxygen atoms in total. The molecule has 2 aromatic rings. The molecule has 172 valence electrons. The Kier molecular flexibility index (Phi) is 9.53. The van der Waals surface area contributed by atoms with E-state index in [9.17, 15) is 9.59 Å². The zero-order valence-corrected chi connectivity index (χ0v) is 18.9. The fraction of sp³-hybridized carbons (Fsp3) is 0.240. The minimum absolute atomic E-state index is 0.172. The van der Waals surface area contributed by atoms with E-state index in [0.29, 0.717) is 23.7 Å². The predicted molar refractivity (Wildman–Crippen MR) is 122 cm³/mol. The van der Waals surface area contributed by atoms with Crippen LogP contribution in [-0.2, 0) is 14.3 Å². The van der Waals surface area contributed by atoms with Crippen molar-refractivity contribution in [3.63, 3.8) is 0 Å². The molecule has 0 saturated heterocycles. The third-order valence-corrected chi connectivity index (χ3v) is 4.30. The van der Waals surface area contributed by atoms with Crippen LogP contribution in [-0.4, -0.2) is 39.9 Å². The van der Waals surface area contributed by atoms with Gasteiger partial charge >= 0.3 is 11.9 Å². The lowest BCUT2D eigenvalue weighted by atomic mass is 10.1. The van der Waals surface area contributed by atoms with Crippen LogP contribution in [0.2, 0.25) is 0 Å². The van der Waals surface area contributed by atoms with Gasteiger partial charge in [-0.3, -0.25) is 0 Å². The number of rotatable bonds is 10. The van der Waals surface area contributed by atoms with Crippen molar-refractivity contribution in [2.75, 3.05) is 27.9 Å². The summed E-state index contributed by atoms with van der Waals surface area (Å²) in [5.41, 5.74) is 1.06. The summed E-state index contributed by atoms with van der Waals surface area (Å²) in [6.07, 6.45) is 5.09. The van der Waals surface area contributed by atoms with Crippen molar-refractivity contribution < 1.29 is 33.3 Å². The maximum Gasteiger partial charge on any atom is 0.348 e. The molecule has 0 N–H and O–H groups in total. The molecule has 0 saturated carbocycles.